The molecule has 1 heterocycles. The molecule has 0 radical (unpaired) electrons. The van der Waals surface area contributed by atoms with Crippen LogP contribution in [0.15, 0.2) is 42.2 Å². The van der Waals surface area contributed by atoms with Crippen LogP contribution in [0, 0.1) is 6.92 Å². The zero-order valence-corrected chi connectivity index (χ0v) is 14.3. The van der Waals surface area contributed by atoms with E-state index in [4.69, 9.17) is 14.2 Å². The van der Waals surface area contributed by atoms with Crippen molar-refractivity contribution in [3.63, 3.8) is 0 Å². The molecule has 0 aliphatic carbocycles. The molecule has 0 atom stereocenters. The zero-order valence-electron chi connectivity index (χ0n) is 14.3. The molecule has 0 amide bonds. The van der Waals surface area contributed by atoms with E-state index in [1.807, 2.05) is 31.2 Å². The van der Waals surface area contributed by atoms with Crippen LogP contribution in [0.4, 0.5) is 0 Å². The van der Waals surface area contributed by atoms with Crippen molar-refractivity contribution in [2.75, 3.05) is 6.61 Å². The number of allylic oxidation sites excluding steroid dienone is 1. The highest BCUT2D eigenvalue weighted by atomic mass is 16.5. The molecule has 25 heavy (non-hydrogen) atoms. The van der Waals surface area contributed by atoms with Crippen molar-refractivity contribution in [3.05, 3.63) is 58.8 Å². The van der Waals surface area contributed by atoms with E-state index in [9.17, 15) is 9.59 Å². The van der Waals surface area contributed by atoms with Crippen LogP contribution in [0.2, 0.25) is 0 Å². The third-order valence-electron chi connectivity index (χ3n) is 3.80. The summed E-state index contributed by atoms with van der Waals surface area (Å²) in [6.07, 6.45) is 1.66. The van der Waals surface area contributed by atoms with E-state index >= 15 is 0 Å². The van der Waals surface area contributed by atoms with Crippen molar-refractivity contribution in [3.8, 4) is 17.2 Å². The van der Waals surface area contributed by atoms with E-state index < -0.39 is 5.97 Å². The van der Waals surface area contributed by atoms with Crippen LogP contribution in [-0.2, 0) is 4.79 Å². The largest absolute Gasteiger partial charge is 0.493 e. The Labute approximate surface area is 145 Å². The van der Waals surface area contributed by atoms with Gasteiger partial charge in [-0.1, -0.05) is 18.2 Å². The number of ketones is 1. The minimum Gasteiger partial charge on any atom is -0.493 e. The topological polar surface area (TPSA) is 61.8 Å². The normalized spacial score (nSPS) is 14.2. The highest BCUT2D eigenvalue weighted by Crippen LogP contribution is 2.39. The number of esters is 1. The van der Waals surface area contributed by atoms with Crippen molar-refractivity contribution in [1.82, 2.24) is 0 Å². The van der Waals surface area contributed by atoms with Crippen LogP contribution >= 0.6 is 0 Å². The molecule has 0 N–H and O–H groups in total. The number of benzene rings is 2. The van der Waals surface area contributed by atoms with Gasteiger partial charge in [-0.25, -0.2) is 0 Å². The number of para-hydroxylation sites is 1. The van der Waals surface area contributed by atoms with Gasteiger partial charge >= 0.3 is 5.97 Å². The van der Waals surface area contributed by atoms with Gasteiger partial charge in [0, 0.05) is 18.1 Å². The predicted octanol–water partition coefficient (Wildman–Crippen LogP) is 3.94. The number of ether oxygens (including phenoxy) is 3. The Kier molecular flexibility index (Phi) is 4.57. The number of carbonyl (C=O) groups is 2. The molecule has 0 saturated carbocycles. The fourth-order valence-corrected chi connectivity index (χ4v) is 2.66. The molecule has 5 heteroatoms. The summed E-state index contributed by atoms with van der Waals surface area (Å²) in [5.74, 6) is 1.07. The van der Waals surface area contributed by atoms with Crippen LogP contribution in [0.25, 0.3) is 6.08 Å². The summed E-state index contributed by atoms with van der Waals surface area (Å²) in [5, 5.41) is 0. The zero-order chi connectivity index (χ0) is 18.0. The van der Waals surface area contributed by atoms with E-state index in [-0.39, 0.29) is 11.5 Å². The van der Waals surface area contributed by atoms with Crippen LogP contribution < -0.4 is 14.2 Å². The molecule has 1 aliphatic rings. The van der Waals surface area contributed by atoms with Gasteiger partial charge < -0.3 is 14.2 Å². The minimum atomic E-state index is -0.422. The monoisotopic (exact) mass is 338 g/mol. The maximum Gasteiger partial charge on any atom is 0.308 e. The Hall–Kier alpha value is -3.08. The number of carbonyl (C=O) groups excluding carboxylic acids is 2. The lowest BCUT2D eigenvalue weighted by Gasteiger charge is -2.09. The van der Waals surface area contributed by atoms with E-state index in [0.29, 0.717) is 35.0 Å². The first kappa shape index (κ1) is 16.8. The molecule has 0 aromatic heterocycles. The van der Waals surface area contributed by atoms with Gasteiger partial charge in [0.2, 0.25) is 5.78 Å². The number of hydrogen-bond donors (Lipinski definition) is 0. The molecule has 3 rings (SSSR count). The standard InChI is InChI=1S/C20H18O5/c1-4-23-17-8-6-5-7-14(17)11-18-19(22)15-9-10-16(24-13(3)21)12(2)20(15)25-18/h5-11H,4H2,1-3H3/b18-11-. The van der Waals surface area contributed by atoms with Crippen molar-refractivity contribution < 1.29 is 23.8 Å². The Balaban J connectivity index is 1.98. The summed E-state index contributed by atoms with van der Waals surface area (Å²) in [6, 6.07) is 10.6. The highest BCUT2D eigenvalue weighted by Gasteiger charge is 2.30. The average molecular weight is 338 g/mol. The Morgan fingerprint density at radius 3 is 2.64 bits per heavy atom. The number of rotatable bonds is 4. The second kappa shape index (κ2) is 6.81. The number of fused-ring (bicyclic) bond motifs is 1. The SMILES string of the molecule is CCOc1ccccc1/C=C1\Oc2c(ccc(OC(C)=O)c2C)C1=O. The van der Waals surface area contributed by atoms with Gasteiger partial charge in [0.15, 0.2) is 5.76 Å². The van der Waals surface area contributed by atoms with Gasteiger partial charge in [0.1, 0.15) is 17.2 Å². The summed E-state index contributed by atoms with van der Waals surface area (Å²) in [5.41, 5.74) is 1.83. The third kappa shape index (κ3) is 3.26. The maximum atomic E-state index is 12.6. The second-order valence-corrected chi connectivity index (χ2v) is 5.57. The first-order valence-electron chi connectivity index (χ1n) is 7.99. The molecule has 0 fully saturated rings. The first-order chi connectivity index (χ1) is 12.0. The molecule has 2 aromatic rings. The molecule has 2 aromatic carbocycles. The van der Waals surface area contributed by atoms with E-state index in [0.717, 1.165) is 5.56 Å². The van der Waals surface area contributed by atoms with E-state index in [2.05, 4.69) is 0 Å². The van der Waals surface area contributed by atoms with Gasteiger partial charge in [0.05, 0.1) is 12.2 Å². The van der Waals surface area contributed by atoms with Crippen molar-refractivity contribution in [1.29, 1.82) is 0 Å². The fourth-order valence-electron chi connectivity index (χ4n) is 2.66. The number of Topliss-reactive ketones (excluding diaryl/α,β-unsaturated/α-hetero) is 1. The summed E-state index contributed by atoms with van der Waals surface area (Å²) in [4.78, 5) is 23.8. The molecule has 128 valence electrons. The number of hydrogen-bond acceptors (Lipinski definition) is 5. The van der Waals surface area contributed by atoms with Gasteiger partial charge in [-0.2, -0.15) is 0 Å². The summed E-state index contributed by atoms with van der Waals surface area (Å²) >= 11 is 0. The summed E-state index contributed by atoms with van der Waals surface area (Å²) in [6.45, 7) is 5.51. The molecule has 0 bridgehead atoms. The van der Waals surface area contributed by atoms with Gasteiger partial charge in [-0.3, -0.25) is 9.59 Å². The summed E-state index contributed by atoms with van der Waals surface area (Å²) in [7, 11) is 0. The highest BCUT2D eigenvalue weighted by molar-refractivity contribution is 6.15. The van der Waals surface area contributed by atoms with Gasteiger partial charge in [-0.05, 0) is 38.1 Å². The Morgan fingerprint density at radius 1 is 1.16 bits per heavy atom. The minimum absolute atomic E-state index is 0.209. The van der Waals surface area contributed by atoms with Crippen LogP contribution in [0.3, 0.4) is 0 Å². The molecule has 5 nitrogen and oxygen atoms in total. The molecular weight excluding hydrogens is 320 g/mol. The quantitative estimate of drug-likeness (QED) is 0.480. The average Bonchev–Trinajstić information content (AvgIpc) is 2.89. The molecular formula is C20H18O5. The van der Waals surface area contributed by atoms with Crippen LogP contribution in [-0.4, -0.2) is 18.4 Å². The lowest BCUT2D eigenvalue weighted by Crippen LogP contribution is -2.03. The second-order valence-electron chi connectivity index (χ2n) is 5.57. The lowest BCUT2D eigenvalue weighted by atomic mass is 10.1. The first-order valence-corrected chi connectivity index (χ1v) is 7.99. The lowest BCUT2D eigenvalue weighted by molar-refractivity contribution is -0.131. The summed E-state index contributed by atoms with van der Waals surface area (Å²) < 4.78 is 16.5. The van der Waals surface area contributed by atoms with E-state index in [1.165, 1.54) is 6.92 Å². The Morgan fingerprint density at radius 2 is 1.92 bits per heavy atom. The predicted molar refractivity (Wildman–Crippen MR) is 93.0 cm³/mol. The molecule has 0 spiro atoms. The molecule has 1 aliphatic heterocycles. The Bertz CT molecular complexity index is 880. The smallest absolute Gasteiger partial charge is 0.308 e. The van der Waals surface area contributed by atoms with Crippen molar-refractivity contribution in [2.45, 2.75) is 20.8 Å². The van der Waals surface area contributed by atoms with Gasteiger partial charge in [-0.15, -0.1) is 0 Å². The van der Waals surface area contributed by atoms with E-state index in [1.54, 1.807) is 25.1 Å². The van der Waals surface area contributed by atoms with Crippen molar-refractivity contribution >= 4 is 17.8 Å². The fraction of sp³-hybridized carbons (Fsp3) is 0.200. The third-order valence-corrected chi connectivity index (χ3v) is 3.80. The van der Waals surface area contributed by atoms with Crippen LogP contribution in [0.5, 0.6) is 17.2 Å². The molecule has 0 saturated heterocycles. The molecule has 0 unspecified atom stereocenters. The van der Waals surface area contributed by atoms with Crippen molar-refractivity contribution in [2.24, 2.45) is 0 Å². The van der Waals surface area contributed by atoms with Crippen LogP contribution in [0.1, 0.15) is 35.3 Å². The van der Waals surface area contributed by atoms with Gasteiger partial charge in [0.25, 0.3) is 0 Å². The maximum absolute atomic E-state index is 12.6.